The number of hydrogen-bond acceptors (Lipinski definition) is 5. The van der Waals surface area contributed by atoms with E-state index in [1.807, 2.05) is 48.5 Å². The summed E-state index contributed by atoms with van der Waals surface area (Å²) in [6, 6.07) is 21.7. The Balaban J connectivity index is 1.80. The molecular weight excluding hydrogens is 437 g/mol. The van der Waals surface area contributed by atoms with Gasteiger partial charge in [0.15, 0.2) is 5.76 Å². The summed E-state index contributed by atoms with van der Waals surface area (Å²) in [7, 11) is 0. The Morgan fingerprint density at radius 1 is 0.968 bits per heavy atom. The molecule has 156 valence electrons. The number of benzene rings is 3. The van der Waals surface area contributed by atoms with Crippen LogP contribution in [-0.2, 0) is 4.74 Å². The first-order valence-corrected chi connectivity index (χ1v) is 10.3. The molecule has 0 aliphatic rings. The molecule has 0 saturated heterocycles. The highest BCUT2D eigenvalue weighted by atomic mass is 35.5. The van der Waals surface area contributed by atoms with E-state index in [0.717, 1.165) is 0 Å². The molecule has 3 aromatic carbocycles. The van der Waals surface area contributed by atoms with E-state index in [1.165, 1.54) is 0 Å². The van der Waals surface area contributed by atoms with Crippen molar-refractivity contribution in [2.75, 3.05) is 6.61 Å². The Morgan fingerprint density at radius 3 is 2.48 bits per heavy atom. The van der Waals surface area contributed by atoms with Gasteiger partial charge in [0, 0.05) is 11.1 Å². The lowest BCUT2D eigenvalue weighted by Gasteiger charge is -2.08. The normalized spacial score (nSPS) is 10.7. The summed E-state index contributed by atoms with van der Waals surface area (Å²) in [6.07, 6.45) is 0. The second kappa shape index (κ2) is 9.25. The molecule has 0 atom stereocenters. The van der Waals surface area contributed by atoms with Crippen LogP contribution in [0.5, 0.6) is 11.5 Å². The third-order valence-electron chi connectivity index (χ3n) is 4.45. The molecule has 0 amide bonds. The van der Waals surface area contributed by atoms with Crippen LogP contribution in [0.3, 0.4) is 0 Å². The van der Waals surface area contributed by atoms with E-state index in [0.29, 0.717) is 33.3 Å². The van der Waals surface area contributed by atoms with Crippen molar-refractivity contribution in [3.63, 3.8) is 0 Å². The van der Waals surface area contributed by atoms with Gasteiger partial charge < -0.3 is 14.0 Å². The zero-order valence-corrected chi connectivity index (χ0v) is 18.0. The van der Waals surface area contributed by atoms with Crippen molar-refractivity contribution in [3.05, 3.63) is 88.4 Å². The topological polar surface area (TPSA) is 61.6 Å². The quantitative estimate of drug-likeness (QED) is 0.287. The van der Waals surface area contributed by atoms with Crippen molar-refractivity contribution >= 4 is 29.2 Å². The lowest BCUT2D eigenvalue weighted by molar-refractivity contribution is 0.0527. The Hall–Kier alpha value is -3.28. The minimum absolute atomic E-state index is 0.169. The maximum Gasteiger partial charge on any atom is 0.344 e. The molecule has 5 nitrogen and oxygen atoms in total. The summed E-state index contributed by atoms with van der Waals surface area (Å²) in [5.74, 6) is 0.898. The van der Waals surface area contributed by atoms with Gasteiger partial charge in [0.05, 0.1) is 16.7 Å². The van der Waals surface area contributed by atoms with Gasteiger partial charge in [-0.3, -0.25) is 0 Å². The van der Waals surface area contributed by atoms with Crippen molar-refractivity contribution in [3.8, 4) is 34.1 Å². The number of esters is 1. The largest absolute Gasteiger partial charge is 0.462 e. The fraction of sp³-hybridized carbons (Fsp3) is 0.0833. The van der Waals surface area contributed by atoms with Gasteiger partial charge in [-0.05, 0) is 43.3 Å². The average Bonchev–Trinajstić information content (AvgIpc) is 3.22. The zero-order chi connectivity index (χ0) is 21.8. The van der Waals surface area contributed by atoms with Crippen LogP contribution in [0.15, 0.2) is 77.3 Å². The van der Waals surface area contributed by atoms with Gasteiger partial charge in [0.2, 0.25) is 0 Å². The highest BCUT2D eigenvalue weighted by molar-refractivity contribution is 6.43. The number of carbonyl (C=O) groups is 1. The molecule has 4 rings (SSSR count). The number of rotatable bonds is 6. The van der Waals surface area contributed by atoms with E-state index < -0.39 is 5.97 Å². The predicted molar refractivity (Wildman–Crippen MR) is 120 cm³/mol. The molecule has 0 spiro atoms. The Bertz CT molecular complexity index is 1220. The highest BCUT2D eigenvalue weighted by Crippen LogP contribution is 2.39. The van der Waals surface area contributed by atoms with E-state index in [4.69, 9.17) is 37.2 Å². The minimum Gasteiger partial charge on any atom is -0.462 e. The van der Waals surface area contributed by atoms with Crippen molar-refractivity contribution in [1.29, 1.82) is 0 Å². The lowest BCUT2D eigenvalue weighted by Crippen LogP contribution is -2.06. The van der Waals surface area contributed by atoms with Crippen LogP contribution in [0.25, 0.3) is 22.6 Å². The third kappa shape index (κ3) is 4.43. The summed E-state index contributed by atoms with van der Waals surface area (Å²) < 4.78 is 16.7. The number of carbonyl (C=O) groups excluding carboxylic acids is 1. The van der Waals surface area contributed by atoms with Crippen LogP contribution in [-0.4, -0.2) is 17.7 Å². The van der Waals surface area contributed by atoms with Crippen LogP contribution >= 0.6 is 23.2 Å². The fourth-order valence-corrected chi connectivity index (χ4v) is 3.46. The van der Waals surface area contributed by atoms with Crippen LogP contribution < -0.4 is 4.74 Å². The Morgan fingerprint density at radius 2 is 1.71 bits per heavy atom. The molecule has 0 aliphatic heterocycles. The van der Waals surface area contributed by atoms with E-state index in [2.05, 4.69) is 5.16 Å². The van der Waals surface area contributed by atoms with Crippen LogP contribution in [0.2, 0.25) is 10.0 Å². The Kier molecular flexibility index (Phi) is 6.26. The molecule has 0 N–H and O–H groups in total. The molecule has 31 heavy (non-hydrogen) atoms. The second-order valence-electron chi connectivity index (χ2n) is 6.50. The SMILES string of the molecule is CCOC(=O)c1c(-c2cccc(Oc3ccccc3)c2)noc1-c1cccc(Cl)c1Cl. The number of hydrogen-bond donors (Lipinski definition) is 0. The fourth-order valence-electron chi connectivity index (χ4n) is 3.07. The van der Waals surface area contributed by atoms with Gasteiger partial charge in [-0.2, -0.15) is 0 Å². The lowest BCUT2D eigenvalue weighted by atomic mass is 10.0. The molecular formula is C24H17Cl2NO4. The summed E-state index contributed by atoms with van der Waals surface area (Å²) >= 11 is 12.5. The van der Waals surface area contributed by atoms with E-state index >= 15 is 0 Å². The molecule has 0 bridgehead atoms. The van der Waals surface area contributed by atoms with Gasteiger partial charge >= 0.3 is 5.97 Å². The number of aromatic nitrogens is 1. The predicted octanol–water partition coefficient (Wildman–Crippen LogP) is 7.28. The van der Waals surface area contributed by atoms with E-state index in [1.54, 1.807) is 31.2 Å². The number of halogens is 2. The summed E-state index contributed by atoms with van der Waals surface area (Å²) in [5.41, 5.74) is 1.57. The van der Waals surface area contributed by atoms with E-state index in [-0.39, 0.29) is 23.0 Å². The molecule has 1 heterocycles. The monoisotopic (exact) mass is 453 g/mol. The van der Waals surface area contributed by atoms with Crippen LogP contribution in [0, 0.1) is 0 Å². The van der Waals surface area contributed by atoms with Gasteiger partial charge in [0.1, 0.15) is 22.8 Å². The zero-order valence-electron chi connectivity index (χ0n) is 16.5. The molecule has 7 heteroatoms. The van der Waals surface area contributed by atoms with E-state index in [9.17, 15) is 4.79 Å². The standard InChI is InChI=1S/C24H17Cl2NO4/c1-2-29-24(28)20-22(27-31-23(20)18-12-7-13-19(25)21(18)26)15-8-6-11-17(14-15)30-16-9-4-3-5-10-16/h3-14H,2H2,1H3. The maximum absolute atomic E-state index is 12.8. The summed E-state index contributed by atoms with van der Waals surface area (Å²) in [5, 5.41) is 4.75. The number of ether oxygens (including phenoxy) is 2. The molecule has 0 saturated carbocycles. The van der Waals surface area contributed by atoms with Crippen LogP contribution in [0.1, 0.15) is 17.3 Å². The van der Waals surface area contributed by atoms with Crippen molar-refractivity contribution in [2.24, 2.45) is 0 Å². The molecule has 0 fully saturated rings. The molecule has 0 aliphatic carbocycles. The molecule has 0 unspecified atom stereocenters. The van der Waals surface area contributed by atoms with Gasteiger partial charge in [-0.25, -0.2) is 4.79 Å². The van der Waals surface area contributed by atoms with Crippen molar-refractivity contribution in [2.45, 2.75) is 6.92 Å². The second-order valence-corrected chi connectivity index (χ2v) is 7.29. The molecule has 4 aromatic rings. The minimum atomic E-state index is -0.570. The Labute approximate surface area is 189 Å². The first-order valence-electron chi connectivity index (χ1n) is 9.53. The van der Waals surface area contributed by atoms with Gasteiger partial charge in [0.25, 0.3) is 0 Å². The summed E-state index contributed by atoms with van der Waals surface area (Å²) in [4.78, 5) is 12.8. The number of nitrogens with zero attached hydrogens (tertiary/aromatic N) is 1. The first kappa shape index (κ1) is 21.0. The average molecular weight is 454 g/mol. The van der Waals surface area contributed by atoms with Crippen molar-refractivity contribution in [1.82, 2.24) is 5.16 Å². The number of para-hydroxylation sites is 1. The maximum atomic E-state index is 12.8. The highest BCUT2D eigenvalue weighted by Gasteiger charge is 2.28. The molecule has 1 aromatic heterocycles. The van der Waals surface area contributed by atoms with Gasteiger partial charge in [-0.1, -0.05) is 64.8 Å². The first-order chi connectivity index (χ1) is 15.1. The summed E-state index contributed by atoms with van der Waals surface area (Å²) in [6.45, 7) is 1.93. The molecule has 0 radical (unpaired) electrons. The van der Waals surface area contributed by atoms with Crippen molar-refractivity contribution < 1.29 is 18.8 Å². The smallest absolute Gasteiger partial charge is 0.344 e. The van der Waals surface area contributed by atoms with Gasteiger partial charge in [-0.15, -0.1) is 0 Å². The third-order valence-corrected chi connectivity index (χ3v) is 5.27. The van der Waals surface area contributed by atoms with Crippen LogP contribution in [0.4, 0.5) is 0 Å².